The van der Waals surface area contributed by atoms with E-state index in [4.69, 9.17) is 0 Å². The van der Waals surface area contributed by atoms with Gasteiger partial charge in [0.1, 0.15) is 0 Å². The van der Waals surface area contributed by atoms with Crippen molar-refractivity contribution in [3.63, 3.8) is 0 Å². The number of hydrogen-bond acceptors (Lipinski definition) is 1. The van der Waals surface area contributed by atoms with Crippen LogP contribution in [0.15, 0.2) is 60.8 Å². The standard InChI is InChI=1S/C18H15NO/c1-13-6-8-14(9-7-13)10-11-18(20)16-12-19-17-5-3-2-4-15(16)17/h2-12,19H,1H3. The number of allylic oxidation sites excluding steroid dienone is 1. The van der Waals surface area contributed by atoms with Gasteiger partial charge in [0.25, 0.3) is 0 Å². The number of ketones is 1. The van der Waals surface area contributed by atoms with Crippen LogP contribution in [-0.4, -0.2) is 10.8 Å². The molecule has 2 nitrogen and oxygen atoms in total. The first-order valence-corrected chi connectivity index (χ1v) is 6.59. The number of aromatic amines is 1. The largest absolute Gasteiger partial charge is 0.360 e. The van der Waals surface area contributed by atoms with Gasteiger partial charge in [-0.1, -0.05) is 54.1 Å². The maximum atomic E-state index is 12.3. The van der Waals surface area contributed by atoms with E-state index in [1.807, 2.05) is 61.5 Å². The van der Waals surface area contributed by atoms with Crippen LogP contribution in [0.25, 0.3) is 17.0 Å². The van der Waals surface area contributed by atoms with E-state index in [1.54, 1.807) is 12.3 Å². The predicted molar refractivity (Wildman–Crippen MR) is 82.8 cm³/mol. The highest BCUT2D eigenvalue weighted by Gasteiger charge is 2.08. The number of carbonyl (C=O) groups is 1. The third-order valence-corrected chi connectivity index (χ3v) is 3.36. The normalized spacial score (nSPS) is 11.2. The molecule has 0 aliphatic heterocycles. The summed E-state index contributed by atoms with van der Waals surface area (Å²) in [7, 11) is 0. The fourth-order valence-corrected chi connectivity index (χ4v) is 2.21. The minimum Gasteiger partial charge on any atom is -0.360 e. The van der Waals surface area contributed by atoms with E-state index in [2.05, 4.69) is 4.98 Å². The summed E-state index contributed by atoms with van der Waals surface area (Å²) in [6, 6.07) is 15.9. The molecule has 1 heterocycles. The van der Waals surface area contributed by atoms with Crippen LogP contribution in [0.3, 0.4) is 0 Å². The zero-order valence-electron chi connectivity index (χ0n) is 11.3. The molecule has 2 aromatic carbocycles. The molecule has 0 saturated carbocycles. The first kappa shape index (κ1) is 12.4. The van der Waals surface area contributed by atoms with Crippen molar-refractivity contribution in [2.75, 3.05) is 0 Å². The number of rotatable bonds is 3. The van der Waals surface area contributed by atoms with Crippen LogP contribution in [0.4, 0.5) is 0 Å². The van der Waals surface area contributed by atoms with Crippen LogP contribution >= 0.6 is 0 Å². The summed E-state index contributed by atoms with van der Waals surface area (Å²) in [5.41, 5.74) is 3.94. The van der Waals surface area contributed by atoms with Crippen molar-refractivity contribution in [2.24, 2.45) is 0 Å². The Morgan fingerprint density at radius 1 is 1.05 bits per heavy atom. The number of benzene rings is 2. The van der Waals surface area contributed by atoms with Gasteiger partial charge in [-0.15, -0.1) is 0 Å². The van der Waals surface area contributed by atoms with E-state index in [0.29, 0.717) is 5.56 Å². The van der Waals surface area contributed by atoms with Gasteiger partial charge >= 0.3 is 0 Å². The van der Waals surface area contributed by atoms with Crippen molar-refractivity contribution >= 4 is 22.8 Å². The lowest BCUT2D eigenvalue weighted by Crippen LogP contribution is -1.92. The van der Waals surface area contributed by atoms with E-state index < -0.39 is 0 Å². The number of carbonyl (C=O) groups excluding carboxylic acids is 1. The number of H-pyrrole nitrogens is 1. The molecule has 0 saturated heterocycles. The van der Waals surface area contributed by atoms with Crippen LogP contribution in [0.1, 0.15) is 21.5 Å². The van der Waals surface area contributed by atoms with Crippen molar-refractivity contribution < 1.29 is 4.79 Å². The third kappa shape index (κ3) is 2.41. The van der Waals surface area contributed by atoms with Gasteiger partial charge in [-0.3, -0.25) is 4.79 Å². The average Bonchev–Trinajstić information content (AvgIpc) is 2.90. The Kier molecular flexibility index (Phi) is 3.21. The molecule has 0 aliphatic rings. The molecule has 0 aliphatic carbocycles. The Bertz CT molecular complexity index is 779. The molecule has 0 radical (unpaired) electrons. The van der Waals surface area contributed by atoms with Crippen LogP contribution in [0.5, 0.6) is 0 Å². The highest BCUT2D eigenvalue weighted by atomic mass is 16.1. The maximum Gasteiger partial charge on any atom is 0.187 e. The second kappa shape index (κ2) is 5.17. The van der Waals surface area contributed by atoms with Gasteiger partial charge in [0.15, 0.2) is 5.78 Å². The summed E-state index contributed by atoms with van der Waals surface area (Å²) >= 11 is 0. The summed E-state index contributed by atoms with van der Waals surface area (Å²) in [6.07, 6.45) is 5.25. The van der Waals surface area contributed by atoms with Crippen LogP contribution in [0.2, 0.25) is 0 Å². The molecule has 2 heteroatoms. The van der Waals surface area contributed by atoms with Gasteiger partial charge in [-0.05, 0) is 24.6 Å². The summed E-state index contributed by atoms with van der Waals surface area (Å²) in [5.74, 6) is 0.0167. The lowest BCUT2D eigenvalue weighted by atomic mass is 10.1. The van der Waals surface area contributed by atoms with Crippen LogP contribution in [0, 0.1) is 6.92 Å². The molecule has 0 unspecified atom stereocenters. The van der Waals surface area contributed by atoms with Crippen molar-refractivity contribution in [3.05, 3.63) is 77.5 Å². The van der Waals surface area contributed by atoms with Gasteiger partial charge in [0, 0.05) is 22.7 Å². The number of para-hydroxylation sites is 1. The SMILES string of the molecule is Cc1ccc(C=CC(=O)c2c[nH]c3ccccc23)cc1. The highest BCUT2D eigenvalue weighted by molar-refractivity contribution is 6.14. The Morgan fingerprint density at radius 3 is 2.60 bits per heavy atom. The minimum atomic E-state index is 0.0167. The fraction of sp³-hybridized carbons (Fsp3) is 0.0556. The molecule has 0 spiro atoms. The van der Waals surface area contributed by atoms with E-state index in [9.17, 15) is 4.79 Å². The fourth-order valence-electron chi connectivity index (χ4n) is 2.21. The molecular formula is C18H15NO. The number of hydrogen-bond donors (Lipinski definition) is 1. The molecule has 0 fully saturated rings. The average molecular weight is 261 g/mol. The van der Waals surface area contributed by atoms with Gasteiger partial charge in [0.2, 0.25) is 0 Å². The van der Waals surface area contributed by atoms with Crippen LogP contribution in [-0.2, 0) is 0 Å². The topological polar surface area (TPSA) is 32.9 Å². The zero-order chi connectivity index (χ0) is 13.9. The van der Waals surface area contributed by atoms with Gasteiger partial charge < -0.3 is 4.98 Å². The second-order valence-corrected chi connectivity index (χ2v) is 4.86. The highest BCUT2D eigenvalue weighted by Crippen LogP contribution is 2.18. The molecule has 3 aromatic rings. The zero-order valence-corrected chi connectivity index (χ0v) is 11.3. The monoisotopic (exact) mass is 261 g/mol. The molecule has 1 N–H and O–H groups in total. The van der Waals surface area contributed by atoms with Crippen molar-refractivity contribution in [3.8, 4) is 0 Å². The third-order valence-electron chi connectivity index (χ3n) is 3.36. The minimum absolute atomic E-state index is 0.0167. The number of nitrogens with one attached hydrogen (secondary N) is 1. The molecule has 0 amide bonds. The number of aromatic nitrogens is 1. The van der Waals surface area contributed by atoms with Crippen molar-refractivity contribution in [1.29, 1.82) is 0 Å². The lowest BCUT2D eigenvalue weighted by molar-refractivity contribution is 0.104. The Labute approximate surface area is 117 Å². The van der Waals surface area contributed by atoms with Crippen molar-refractivity contribution in [1.82, 2.24) is 4.98 Å². The Hall–Kier alpha value is -2.61. The van der Waals surface area contributed by atoms with Crippen molar-refractivity contribution in [2.45, 2.75) is 6.92 Å². The van der Waals surface area contributed by atoms with E-state index in [0.717, 1.165) is 16.5 Å². The van der Waals surface area contributed by atoms with Gasteiger partial charge in [-0.25, -0.2) is 0 Å². The smallest absolute Gasteiger partial charge is 0.187 e. The second-order valence-electron chi connectivity index (χ2n) is 4.86. The number of aryl methyl sites for hydroxylation is 1. The molecule has 1 aromatic heterocycles. The molecule has 0 atom stereocenters. The summed E-state index contributed by atoms with van der Waals surface area (Å²) < 4.78 is 0. The summed E-state index contributed by atoms with van der Waals surface area (Å²) in [4.78, 5) is 15.4. The van der Waals surface area contributed by atoms with E-state index in [-0.39, 0.29) is 5.78 Å². The predicted octanol–water partition coefficient (Wildman–Crippen LogP) is 4.37. The molecule has 20 heavy (non-hydrogen) atoms. The van der Waals surface area contributed by atoms with E-state index >= 15 is 0 Å². The summed E-state index contributed by atoms with van der Waals surface area (Å²) in [6.45, 7) is 2.05. The summed E-state index contributed by atoms with van der Waals surface area (Å²) in [5, 5.41) is 0.964. The quantitative estimate of drug-likeness (QED) is 0.551. The lowest BCUT2D eigenvalue weighted by Gasteiger charge is -1.95. The first-order chi connectivity index (χ1) is 9.74. The maximum absolute atomic E-state index is 12.3. The number of fused-ring (bicyclic) bond motifs is 1. The molecule has 98 valence electrons. The van der Waals surface area contributed by atoms with Crippen LogP contribution < -0.4 is 0 Å². The van der Waals surface area contributed by atoms with Gasteiger partial charge in [0.05, 0.1) is 0 Å². The Morgan fingerprint density at radius 2 is 1.80 bits per heavy atom. The molecule has 0 bridgehead atoms. The molecule has 3 rings (SSSR count). The van der Waals surface area contributed by atoms with Gasteiger partial charge in [-0.2, -0.15) is 0 Å². The molecular weight excluding hydrogens is 246 g/mol. The van der Waals surface area contributed by atoms with E-state index in [1.165, 1.54) is 5.56 Å². The Balaban J connectivity index is 1.87. The first-order valence-electron chi connectivity index (χ1n) is 6.59.